The zero-order valence-electron chi connectivity index (χ0n) is 19.2. The van der Waals surface area contributed by atoms with E-state index in [9.17, 15) is 30.0 Å². The van der Waals surface area contributed by atoms with Crippen molar-refractivity contribution >= 4 is 18.0 Å². The highest BCUT2D eigenvalue weighted by Gasteiger charge is 2.49. The number of aliphatic hydroxyl groups excluding tert-OH is 3. The quantitative estimate of drug-likeness (QED) is 0.312. The number of phenols is 1. The second-order valence-corrected chi connectivity index (χ2v) is 7.95. The van der Waals surface area contributed by atoms with Crippen LogP contribution in [0.15, 0.2) is 54.1 Å². The van der Waals surface area contributed by atoms with Crippen molar-refractivity contribution < 1.29 is 49.0 Å². The lowest BCUT2D eigenvalue weighted by molar-refractivity contribution is -0.292. The second-order valence-electron chi connectivity index (χ2n) is 7.95. The summed E-state index contributed by atoms with van der Waals surface area (Å²) in [7, 11) is 1.40. The molecule has 35 heavy (non-hydrogen) atoms. The molecule has 10 heteroatoms. The lowest BCUT2D eigenvalue weighted by Crippen LogP contribution is -2.61. The summed E-state index contributed by atoms with van der Waals surface area (Å²) in [5.41, 5.74) is 1.48. The molecule has 0 spiro atoms. The molecule has 2 aromatic carbocycles. The number of aromatic hydroxyl groups is 1. The van der Waals surface area contributed by atoms with E-state index in [1.165, 1.54) is 25.3 Å². The van der Waals surface area contributed by atoms with Crippen molar-refractivity contribution in [3.8, 4) is 11.5 Å². The predicted molar refractivity (Wildman–Crippen MR) is 122 cm³/mol. The zero-order chi connectivity index (χ0) is 25.5. The van der Waals surface area contributed by atoms with E-state index in [4.69, 9.17) is 18.9 Å². The van der Waals surface area contributed by atoms with Gasteiger partial charge in [-0.15, -0.1) is 0 Å². The molecule has 0 aromatic heterocycles. The summed E-state index contributed by atoms with van der Waals surface area (Å²) in [6.45, 7) is 0.443. The number of ether oxygens (including phenoxy) is 4. The van der Waals surface area contributed by atoms with Gasteiger partial charge >= 0.3 is 11.9 Å². The van der Waals surface area contributed by atoms with Gasteiger partial charge in [0.15, 0.2) is 30.0 Å². The van der Waals surface area contributed by atoms with Crippen LogP contribution in [0, 0.1) is 0 Å². The van der Waals surface area contributed by atoms with Crippen LogP contribution in [0.3, 0.4) is 0 Å². The molecule has 10 nitrogen and oxygen atoms in total. The Morgan fingerprint density at radius 3 is 2.40 bits per heavy atom. The monoisotopic (exact) mass is 488 g/mol. The van der Waals surface area contributed by atoms with Crippen LogP contribution in [0.2, 0.25) is 0 Å². The summed E-state index contributed by atoms with van der Waals surface area (Å²) in [6.07, 6.45) is -5.91. The van der Waals surface area contributed by atoms with Crippen molar-refractivity contribution in [1.29, 1.82) is 0 Å². The normalized spacial score (nSPS) is 24.5. The molecule has 1 aliphatic rings. The van der Waals surface area contributed by atoms with E-state index in [0.29, 0.717) is 5.56 Å². The lowest BCUT2D eigenvalue weighted by atomic mass is 9.98. The third-order valence-electron chi connectivity index (χ3n) is 5.41. The summed E-state index contributed by atoms with van der Waals surface area (Å²) in [4.78, 5) is 24.9. The highest BCUT2D eigenvalue weighted by Crippen LogP contribution is 2.29. The van der Waals surface area contributed by atoms with Crippen molar-refractivity contribution in [1.82, 2.24) is 0 Å². The standard InChI is InChI=1S/C25H28O10/c1-14(27)33-22-21(29)20(13-26)34-25(31)23(22)35-24(30)17(10-15-6-4-3-5-7-15)11-16-8-9-18(28)19(12-16)32-2/h3-9,11-12,20-23,25-26,28-29,31H,10,13H2,1-2H3/t20-,21-,22-,23+,25+/m0/s1. The van der Waals surface area contributed by atoms with E-state index in [1.54, 1.807) is 6.07 Å². The van der Waals surface area contributed by atoms with Crippen LogP contribution in [0.1, 0.15) is 18.1 Å². The number of esters is 2. The van der Waals surface area contributed by atoms with Crippen LogP contribution in [0.4, 0.5) is 0 Å². The molecule has 4 N–H and O–H groups in total. The number of hydrogen-bond acceptors (Lipinski definition) is 10. The average Bonchev–Trinajstić information content (AvgIpc) is 2.84. The van der Waals surface area contributed by atoms with Gasteiger partial charge in [-0.1, -0.05) is 36.4 Å². The zero-order valence-corrected chi connectivity index (χ0v) is 19.2. The van der Waals surface area contributed by atoms with Crippen molar-refractivity contribution in [3.05, 3.63) is 65.2 Å². The molecule has 1 saturated heterocycles. The summed E-state index contributed by atoms with van der Waals surface area (Å²) in [5, 5.41) is 40.1. The fourth-order valence-corrected chi connectivity index (χ4v) is 3.69. The molecule has 2 aromatic rings. The van der Waals surface area contributed by atoms with Crippen molar-refractivity contribution in [2.75, 3.05) is 13.7 Å². The Hall–Kier alpha value is -3.44. The molecule has 0 aliphatic carbocycles. The Bertz CT molecular complexity index is 1050. The molecule has 0 saturated carbocycles. The Kier molecular flexibility index (Phi) is 8.83. The largest absolute Gasteiger partial charge is 0.504 e. The Morgan fingerprint density at radius 2 is 1.77 bits per heavy atom. The number of aliphatic hydroxyl groups is 3. The molecular weight excluding hydrogens is 460 g/mol. The highest BCUT2D eigenvalue weighted by molar-refractivity contribution is 5.94. The number of benzene rings is 2. The second kappa shape index (κ2) is 11.8. The van der Waals surface area contributed by atoms with E-state index >= 15 is 0 Å². The van der Waals surface area contributed by atoms with Crippen molar-refractivity contribution in [3.63, 3.8) is 0 Å². The van der Waals surface area contributed by atoms with Gasteiger partial charge < -0.3 is 39.4 Å². The van der Waals surface area contributed by atoms with Gasteiger partial charge in [-0.2, -0.15) is 0 Å². The molecule has 1 heterocycles. The fraction of sp³-hybridized carbons (Fsp3) is 0.360. The molecular formula is C25H28O10. The molecule has 0 unspecified atom stereocenters. The smallest absolute Gasteiger partial charge is 0.334 e. The molecule has 3 rings (SSSR count). The van der Waals surface area contributed by atoms with Gasteiger partial charge in [-0.3, -0.25) is 4.79 Å². The SMILES string of the molecule is COc1cc(C=C(Cc2ccccc2)C(=O)O[C@@H]2[C@@H](OC(C)=O)[C@@H](O)[C@H](CO)O[C@H]2O)ccc1O. The molecule has 0 bridgehead atoms. The van der Waals surface area contributed by atoms with Gasteiger partial charge in [-0.05, 0) is 29.3 Å². The minimum atomic E-state index is -1.77. The van der Waals surface area contributed by atoms with E-state index in [1.807, 2.05) is 30.3 Å². The van der Waals surface area contributed by atoms with E-state index < -0.39 is 49.3 Å². The molecule has 1 fully saturated rings. The summed E-state index contributed by atoms with van der Waals surface area (Å²) in [6, 6.07) is 13.6. The summed E-state index contributed by atoms with van der Waals surface area (Å²) in [5.74, 6) is -1.51. The maximum absolute atomic E-state index is 13.3. The highest BCUT2D eigenvalue weighted by atomic mass is 16.7. The Labute approximate surface area is 201 Å². The van der Waals surface area contributed by atoms with Crippen molar-refractivity contribution in [2.45, 2.75) is 44.1 Å². The van der Waals surface area contributed by atoms with Gasteiger partial charge in [0.1, 0.15) is 12.2 Å². The fourth-order valence-electron chi connectivity index (χ4n) is 3.69. The van der Waals surface area contributed by atoms with Gasteiger partial charge in [0.25, 0.3) is 0 Å². The first-order chi connectivity index (χ1) is 16.7. The van der Waals surface area contributed by atoms with Gasteiger partial charge in [-0.25, -0.2) is 4.79 Å². The summed E-state index contributed by atoms with van der Waals surface area (Å²) < 4.78 is 20.9. The van der Waals surface area contributed by atoms with Crippen LogP contribution in [0.25, 0.3) is 6.08 Å². The molecule has 0 amide bonds. The Balaban J connectivity index is 1.93. The average molecular weight is 488 g/mol. The van der Waals surface area contributed by atoms with Crippen LogP contribution >= 0.6 is 0 Å². The van der Waals surface area contributed by atoms with Gasteiger partial charge in [0.2, 0.25) is 0 Å². The van der Waals surface area contributed by atoms with Crippen LogP contribution in [0.5, 0.6) is 11.5 Å². The van der Waals surface area contributed by atoms with Gasteiger partial charge in [0, 0.05) is 18.9 Å². The van der Waals surface area contributed by atoms with Crippen LogP contribution in [-0.4, -0.2) is 76.8 Å². The topological polar surface area (TPSA) is 152 Å². The minimum absolute atomic E-state index is 0.0732. The number of carbonyl (C=O) groups excluding carboxylic acids is 2. The third-order valence-corrected chi connectivity index (χ3v) is 5.41. The minimum Gasteiger partial charge on any atom is -0.504 e. The molecule has 1 aliphatic heterocycles. The molecule has 5 atom stereocenters. The molecule has 0 radical (unpaired) electrons. The van der Waals surface area contributed by atoms with E-state index in [-0.39, 0.29) is 23.5 Å². The molecule has 188 valence electrons. The number of methoxy groups -OCH3 is 1. The van der Waals surface area contributed by atoms with Crippen LogP contribution in [-0.2, 0) is 30.2 Å². The predicted octanol–water partition coefficient (Wildman–Crippen LogP) is 0.941. The number of carbonyl (C=O) groups is 2. The maximum Gasteiger partial charge on any atom is 0.334 e. The Morgan fingerprint density at radius 1 is 1.06 bits per heavy atom. The summed E-state index contributed by atoms with van der Waals surface area (Å²) >= 11 is 0. The van der Waals surface area contributed by atoms with E-state index in [2.05, 4.69) is 0 Å². The maximum atomic E-state index is 13.3. The van der Waals surface area contributed by atoms with Gasteiger partial charge in [0.05, 0.1) is 13.7 Å². The number of hydrogen-bond donors (Lipinski definition) is 4. The van der Waals surface area contributed by atoms with E-state index in [0.717, 1.165) is 12.5 Å². The third kappa shape index (κ3) is 6.58. The number of rotatable bonds is 8. The van der Waals surface area contributed by atoms with Crippen LogP contribution < -0.4 is 4.74 Å². The first-order valence-corrected chi connectivity index (χ1v) is 10.9. The lowest BCUT2D eigenvalue weighted by Gasteiger charge is -2.41. The first kappa shape index (κ1) is 26.2. The number of phenolic OH excluding ortho intramolecular Hbond substituents is 1. The first-order valence-electron chi connectivity index (χ1n) is 10.9. The van der Waals surface area contributed by atoms with Crippen molar-refractivity contribution in [2.24, 2.45) is 0 Å².